The van der Waals surface area contributed by atoms with Gasteiger partial charge < -0.3 is 5.73 Å². The third-order valence-electron chi connectivity index (χ3n) is 2.84. The predicted molar refractivity (Wildman–Crippen MR) is 57.5 cm³/mol. The second-order valence-electron chi connectivity index (χ2n) is 4.11. The monoisotopic (exact) mass is 220 g/mol. The molecule has 0 aromatic rings. The van der Waals surface area contributed by atoms with Crippen molar-refractivity contribution in [3.63, 3.8) is 0 Å². The van der Waals surface area contributed by atoms with Crippen molar-refractivity contribution >= 4 is 10.0 Å². The van der Waals surface area contributed by atoms with Crippen LogP contribution in [0.4, 0.5) is 0 Å². The first-order chi connectivity index (χ1) is 6.54. The molecule has 0 amide bonds. The third-order valence-corrected chi connectivity index (χ3v) is 4.41. The van der Waals surface area contributed by atoms with E-state index >= 15 is 0 Å². The standard InChI is InChI=1S/C9H20N2O2S/c1-2-3-7-14(12,13)11-9(8-10)5-4-6-9/h11H,2-8,10H2,1H3. The van der Waals surface area contributed by atoms with E-state index in [9.17, 15) is 8.42 Å². The highest BCUT2D eigenvalue weighted by Gasteiger charge is 2.38. The molecular formula is C9H20N2O2S. The number of nitrogens with one attached hydrogen (secondary N) is 1. The molecule has 0 radical (unpaired) electrons. The minimum absolute atomic E-state index is 0.227. The minimum atomic E-state index is -3.10. The lowest BCUT2D eigenvalue weighted by Gasteiger charge is -2.41. The van der Waals surface area contributed by atoms with Crippen LogP contribution in [0, 0.1) is 0 Å². The van der Waals surface area contributed by atoms with Crippen molar-refractivity contribution in [1.82, 2.24) is 4.72 Å². The summed E-state index contributed by atoms with van der Waals surface area (Å²) >= 11 is 0. The fourth-order valence-electron chi connectivity index (χ4n) is 1.67. The summed E-state index contributed by atoms with van der Waals surface area (Å²) in [6.45, 7) is 2.40. The van der Waals surface area contributed by atoms with E-state index in [-0.39, 0.29) is 11.3 Å². The molecule has 0 aromatic heterocycles. The van der Waals surface area contributed by atoms with E-state index in [0.29, 0.717) is 6.54 Å². The van der Waals surface area contributed by atoms with Crippen molar-refractivity contribution < 1.29 is 8.42 Å². The second-order valence-corrected chi connectivity index (χ2v) is 5.95. The lowest BCUT2D eigenvalue weighted by molar-refractivity contribution is 0.230. The van der Waals surface area contributed by atoms with Gasteiger partial charge in [-0.3, -0.25) is 0 Å². The van der Waals surface area contributed by atoms with Crippen molar-refractivity contribution in [2.75, 3.05) is 12.3 Å². The van der Waals surface area contributed by atoms with Crippen LogP contribution in [0.1, 0.15) is 39.0 Å². The number of unbranched alkanes of at least 4 members (excludes halogenated alkanes) is 1. The molecule has 4 nitrogen and oxygen atoms in total. The van der Waals surface area contributed by atoms with E-state index in [1.165, 1.54) is 0 Å². The number of rotatable bonds is 6. The van der Waals surface area contributed by atoms with Gasteiger partial charge in [-0.1, -0.05) is 13.3 Å². The van der Waals surface area contributed by atoms with Gasteiger partial charge in [0.15, 0.2) is 0 Å². The van der Waals surface area contributed by atoms with Crippen LogP contribution in [-0.2, 0) is 10.0 Å². The van der Waals surface area contributed by atoms with E-state index in [1.807, 2.05) is 6.92 Å². The minimum Gasteiger partial charge on any atom is -0.329 e. The smallest absolute Gasteiger partial charge is 0.212 e. The molecule has 1 aliphatic rings. The van der Waals surface area contributed by atoms with Gasteiger partial charge in [0.05, 0.1) is 5.75 Å². The Morgan fingerprint density at radius 2 is 2.07 bits per heavy atom. The summed E-state index contributed by atoms with van der Waals surface area (Å²) in [7, 11) is -3.10. The van der Waals surface area contributed by atoms with Crippen LogP contribution in [0.2, 0.25) is 0 Å². The van der Waals surface area contributed by atoms with Gasteiger partial charge in [-0.15, -0.1) is 0 Å². The quantitative estimate of drug-likeness (QED) is 0.688. The highest BCUT2D eigenvalue weighted by molar-refractivity contribution is 7.89. The molecule has 1 fully saturated rings. The molecule has 0 aromatic carbocycles. The van der Waals surface area contributed by atoms with Gasteiger partial charge in [0.1, 0.15) is 0 Å². The lowest BCUT2D eigenvalue weighted by Crippen LogP contribution is -2.58. The third kappa shape index (κ3) is 2.93. The van der Waals surface area contributed by atoms with Crippen LogP contribution in [0.5, 0.6) is 0 Å². The molecule has 1 rings (SSSR count). The Labute approximate surface area is 86.3 Å². The molecule has 84 valence electrons. The van der Waals surface area contributed by atoms with Crippen LogP contribution >= 0.6 is 0 Å². The maximum absolute atomic E-state index is 11.6. The van der Waals surface area contributed by atoms with Crippen molar-refractivity contribution in [3.05, 3.63) is 0 Å². The van der Waals surface area contributed by atoms with E-state index in [0.717, 1.165) is 32.1 Å². The van der Waals surface area contributed by atoms with Crippen molar-refractivity contribution in [2.45, 2.75) is 44.6 Å². The highest BCUT2D eigenvalue weighted by Crippen LogP contribution is 2.31. The number of nitrogens with two attached hydrogens (primary N) is 1. The Kier molecular flexibility index (Phi) is 3.92. The van der Waals surface area contributed by atoms with Crippen LogP contribution in [0.25, 0.3) is 0 Å². The van der Waals surface area contributed by atoms with Crippen molar-refractivity contribution in [1.29, 1.82) is 0 Å². The van der Waals surface area contributed by atoms with Crippen LogP contribution in [0.15, 0.2) is 0 Å². The summed E-state index contributed by atoms with van der Waals surface area (Å²) in [5.74, 6) is 0.227. The average Bonchev–Trinajstić information content (AvgIpc) is 2.08. The van der Waals surface area contributed by atoms with Crippen molar-refractivity contribution in [3.8, 4) is 0 Å². The topological polar surface area (TPSA) is 72.2 Å². The molecule has 3 N–H and O–H groups in total. The predicted octanol–water partition coefficient (Wildman–Crippen LogP) is 0.587. The van der Waals surface area contributed by atoms with E-state index in [4.69, 9.17) is 5.73 Å². The highest BCUT2D eigenvalue weighted by atomic mass is 32.2. The van der Waals surface area contributed by atoms with Gasteiger partial charge in [-0.25, -0.2) is 13.1 Å². The average molecular weight is 220 g/mol. The van der Waals surface area contributed by atoms with Gasteiger partial charge in [0, 0.05) is 12.1 Å². The Balaban J connectivity index is 2.49. The van der Waals surface area contributed by atoms with E-state index in [2.05, 4.69) is 4.72 Å². The zero-order valence-corrected chi connectivity index (χ0v) is 9.57. The van der Waals surface area contributed by atoms with Crippen molar-refractivity contribution in [2.24, 2.45) is 5.73 Å². The second kappa shape index (κ2) is 4.59. The molecule has 14 heavy (non-hydrogen) atoms. The fourth-order valence-corrected chi connectivity index (χ4v) is 3.38. The molecule has 0 aliphatic heterocycles. The molecule has 1 saturated carbocycles. The zero-order valence-electron chi connectivity index (χ0n) is 8.75. The van der Waals surface area contributed by atoms with Crippen LogP contribution in [0.3, 0.4) is 0 Å². The van der Waals surface area contributed by atoms with Gasteiger partial charge in [0.2, 0.25) is 10.0 Å². The van der Waals surface area contributed by atoms with Gasteiger partial charge >= 0.3 is 0 Å². The van der Waals surface area contributed by atoms with Crippen LogP contribution in [-0.4, -0.2) is 26.3 Å². The largest absolute Gasteiger partial charge is 0.329 e. The van der Waals surface area contributed by atoms with Crippen LogP contribution < -0.4 is 10.5 Å². The summed E-state index contributed by atoms with van der Waals surface area (Å²) in [6, 6.07) is 0. The molecular weight excluding hydrogens is 200 g/mol. The molecule has 0 bridgehead atoms. The van der Waals surface area contributed by atoms with Gasteiger partial charge in [-0.2, -0.15) is 0 Å². The molecule has 5 heteroatoms. The SMILES string of the molecule is CCCCS(=O)(=O)NC1(CN)CCC1. The maximum Gasteiger partial charge on any atom is 0.212 e. The summed E-state index contributed by atoms with van der Waals surface area (Å²) < 4.78 is 25.9. The molecule has 0 saturated heterocycles. The normalized spacial score (nSPS) is 20.4. The first kappa shape index (κ1) is 11.9. The summed E-state index contributed by atoms with van der Waals surface area (Å²) in [5.41, 5.74) is 5.26. The first-order valence-electron chi connectivity index (χ1n) is 5.25. The fraction of sp³-hybridized carbons (Fsp3) is 1.00. The lowest BCUT2D eigenvalue weighted by atomic mass is 9.78. The molecule has 0 heterocycles. The Morgan fingerprint density at radius 1 is 1.43 bits per heavy atom. The Bertz CT molecular complexity index is 265. The molecule has 0 unspecified atom stereocenters. The maximum atomic E-state index is 11.6. The van der Waals surface area contributed by atoms with Gasteiger partial charge in [-0.05, 0) is 25.7 Å². The molecule has 1 aliphatic carbocycles. The number of sulfonamides is 1. The van der Waals surface area contributed by atoms with E-state index in [1.54, 1.807) is 0 Å². The molecule has 0 spiro atoms. The Morgan fingerprint density at radius 3 is 2.43 bits per heavy atom. The molecule has 0 atom stereocenters. The number of hydrogen-bond acceptors (Lipinski definition) is 3. The Hall–Kier alpha value is -0.130. The first-order valence-corrected chi connectivity index (χ1v) is 6.90. The number of hydrogen-bond donors (Lipinski definition) is 2. The van der Waals surface area contributed by atoms with Gasteiger partial charge in [0.25, 0.3) is 0 Å². The van der Waals surface area contributed by atoms with E-state index < -0.39 is 10.0 Å². The summed E-state index contributed by atoms with van der Waals surface area (Å²) in [5, 5.41) is 0. The summed E-state index contributed by atoms with van der Waals surface area (Å²) in [6.07, 6.45) is 4.46. The zero-order chi connectivity index (χ0) is 10.7. The summed E-state index contributed by atoms with van der Waals surface area (Å²) in [4.78, 5) is 0.